The van der Waals surface area contributed by atoms with E-state index in [0.29, 0.717) is 0 Å². The molecule has 0 saturated carbocycles. The van der Waals surface area contributed by atoms with Crippen LogP contribution in [-0.2, 0) is 22.9 Å². The van der Waals surface area contributed by atoms with Crippen molar-refractivity contribution >= 4 is 29.0 Å². The van der Waals surface area contributed by atoms with Crippen LogP contribution in [0.2, 0.25) is 0 Å². The Bertz CT molecular complexity index is 973. The molecular formula is C22H20F3NO2S. The van der Waals surface area contributed by atoms with E-state index >= 15 is 0 Å². The number of alkyl halides is 3. The Morgan fingerprint density at radius 3 is 2.21 bits per heavy atom. The molecule has 0 radical (unpaired) electrons. The zero-order chi connectivity index (χ0) is 21.4. The second-order valence-corrected chi connectivity index (χ2v) is 8.83. The van der Waals surface area contributed by atoms with Gasteiger partial charge in [0.25, 0.3) is 11.1 Å². The summed E-state index contributed by atoms with van der Waals surface area (Å²) in [7, 11) is 0. The fourth-order valence-electron chi connectivity index (χ4n) is 2.89. The normalized spacial score (nSPS) is 16.8. The minimum absolute atomic E-state index is 0.00543. The molecule has 0 bridgehead atoms. The molecule has 0 atom stereocenters. The van der Waals surface area contributed by atoms with E-state index in [1.54, 1.807) is 0 Å². The maximum absolute atomic E-state index is 12.9. The SMILES string of the molecule is CC(C)(C)c1ccc(CN2C(=O)SC(=Cc3cccc(C(F)(F)F)c3)C2=O)cc1. The molecular weight excluding hydrogens is 399 g/mol. The summed E-state index contributed by atoms with van der Waals surface area (Å²) in [5.41, 5.74) is 1.36. The van der Waals surface area contributed by atoms with Gasteiger partial charge in [-0.05, 0) is 52.1 Å². The van der Waals surface area contributed by atoms with E-state index in [1.165, 1.54) is 18.2 Å². The first-order chi connectivity index (χ1) is 13.4. The van der Waals surface area contributed by atoms with Crippen LogP contribution in [0.1, 0.15) is 43.0 Å². The smallest absolute Gasteiger partial charge is 0.268 e. The Hall–Kier alpha value is -2.54. The molecule has 0 aromatic heterocycles. The zero-order valence-electron chi connectivity index (χ0n) is 16.2. The molecule has 3 nitrogen and oxygen atoms in total. The van der Waals surface area contributed by atoms with Crippen LogP contribution in [0.4, 0.5) is 18.0 Å². The highest BCUT2D eigenvalue weighted by molar-refractivity contribution is 8.18. The lowest BCUT2D eigenvalue weighted by Crippen LogP contribution is -2.27. The van der Waals surface area contributed by atoms with Crippen molar-refractivity contribution < 1.29 is 22.8 Å². The van der Waals surface area contributed by atoms with Crippen LogP contribution in [0.15, 0.2) is 53.4 Å². The lowest BCUT2D eigenvalue weighted by Gasteiger charge is -2.20. The van der Waals surface area contributed by atoms with Crippen molar-refractivity contribution in [3.05, 3.63) is 75.7 Å². The van der Waals surface area contributed by atoms with Crippen LogP contribution in [0.3, 0.4) is 0 Å². The molecule has 0 aliphatic carbocycles. The highest BCUT2D eigenvalue weighted by Gasteiger charge is 2.35. The number of rotatable bonds is 3. The van der Waals surface area contributed by atoms with Crippen LogP contribution < -0.4 is 0 Å². The van der Waals surface area contributed by atoms with Crippen LogP contribution in [0.5, 0.6) is 0 Å². The predicted octanol–water partition coefficient (Wildman–Crippen LogP) is 6.24. The van der Waals surface area contributed by atoms with Gasteiger partial charge in [0.15, 0.2) is 0 Å². The highest BCUT2D eigenvalue weighted by atomic mass is 32.2. The van der Waals surface area contributed by atoms with Crippen molar-refractivity contribution in [1.82, 2.24) is 4.90 Å². The lowest BCUT2D eigenvalue weighted by molar-refractivity contribution is -0.137. The Morgan fingerprint density at radius 2 is 1.62 bits per heavy atom. The number of amides is 2. The third-order valence-corrected chi connectivity index (χ3v) is 5.45. The minimum atomic E-state index is -4.47. The Labute approximate surface area is 171 Å². The van der Waals surface area contributed by atoms with Gasteiger partial charge in [-0.25, -0.2) is 0 Å². The molecule has 1 fully saturated rings. The van der Waals surface area contributed by atoms with Crippen LogP contribution in [-0.4, -0.2) is 16.0 Å². The Kier molecular flexibility index (Phi) is 5.63. The maximum atomic E-state index is 12.9. The Balaban J connectivity index is 1.79. The predicted molar refractivity (Wildman–Crippen MR) is 108 cm³/mol. The van der Waals surface area contributed by atoms with Crippen molar-refractivity contribution in [2.75, 3.05) is 0 Å². The highest BCUT2D eigenvalue weighted by Crippen LogP contribution is 2.35. The van der Waals surface area contributed by atoms with E-state index in [2.05, 4.69) is 20.8 Å². The largest absolute Gasteiger partial charge is 0.416 e. The molecule has 2 aromatic carbocycles. The van der Waals surface area contributed by atoms with E-state index in [0.717, 1.165) is 39.9 Å². The second-order valence-electron chi connectivity index (χ2n) is 7.84. The molecule has 29 heavy (non-hydrogen) atoms. The number of carbonyl (C=O) groups excluding carboxylic acids is 2. The van der Waals surface area contributed by atoms with Crippen molar-refractivity contribution in [2.45, 2.75) is 38.9 Å². The monoisotopic (exact) mass is 419 g/mol. The quantitative estimate of drug-likeness (QED) is 0.553. The van der Waals surface area contributed by atoms with Gasteiger partial charge in [0.1, 0.15) is 0 Å². The molecule has 0 unspecified atom stereocenters. The molecule has 1 aliphatic rings. The molecule has 1 saturated heterocycles. The first kappa shape index (κ1) is 21.2. The number of imide groups is 1. The van der Waals surface area contributed by atoms with E-state index < -0.39 is 22.9 Å². The van der Waals surface area contributed by atoms with Crippen molar-refractivity contribution in [3.63, 3.8) is 0 Å². The molecule has 2 aromatic rings. The molecule has 1 heterocycles. The zero-order valence-corrected chi connectivity index (χ0v) is 17.0. The molecule has 0 N–H and O–H groups in total. The summed E-state index contributed by atoms with van der Waals surface area (Å²) in [5.74, 6) is -0.502. The summed E-state index contributed by atoms with van der Waals surface area (Å²) in [5, 5.41) is -0.437. The van der Waals surface area contributed by atoms with Gasteiger partial charge in [0.05, 0.1) is 17.0 Å². The summed E-state index contributed by atoms with van der Waals surface area (Å²) in [6, 6.07) is 12.3. The summed E-state index contributed by atoms with van der Waals surface area (Å²) in [6.07, 6.45) is -3.15. The topological polar surface area (TPSA) is 37.4 Å². The van der Waals surface area contributed by atoms with Crippen molar-refractivity contribution in [2.24, 2.45) is 0 Å². The lowest BCUT2D eigenvalue weighted by atomic mass is 9.87. The number of hydrogen-bond acceptors (Lipinski definition) is 3. The van der Waals surface area contributed by atoms with Gasteiger partial charge in [-0.3, -0.25) is 14.5 Å². The first-order valence-corrected chi connectivity index (χ1v) is 9.79. The van der Waals surface area contributed by atoms with Crippen LogP contribution in [0.25, 0.3) is 6.08 Å². The van der Waals surface area contributed by atoms with E-state index in [9.17, 15) is 22.8 Å². The van der Waals surface area contributed by atoms with Gasteiger partial charge in [0, 0.05) is 0 Å². The molecule has 1 aliphatic heterocycles. The van der Waals surface area contributed by atoms with E-state index in [-0.39, 0.29) is 22.4 Å². The maximum Gasteiger partial charge on any atom is 0.416 e. The molecule has 7 heteroatoms. The second kappa shape index (κ2) is 7.71. The molecule has 152 valence electrons. The van der Waals surface area contributed by atoms with Gasteiger partial charge in [0.2, 0.25) is 0 Å². The number of carbonyl (C=O) groups is 2. The molecule has 0 spiro atoms. The number of nitrogens with zero attached hydrogens (tertiary/aromatic N) is 1. The van der Waals surface area contributed by atoms with Gasteiger partial charge in [-0.1, -0.05) is 57.2 Å². The van der Waals surface area contributed by atoms with Gasteiger partial charge < -0.3 is 0 Å². The van der Waals surface area contributed by atoms with Crippen LogP contribution >= 0.6 is 11.8 Å². The average molecular weight is 419 g/mol. The fourth-order valence-corrected chi connectivity index (χ4v) is 3.72. The fraction of sp³-hybridized carbons (Fsp3) is 0.273. The number of halogens is 3. The summed E-state index contributed by atoms with van der Waals surface area (Å²) in [6.45, 7) is 6.40. The van der Waals surface area contributed by atoms with Gasteiger partial charge in [-0.2, -0.15) is 13.2 Å². The van der Waals surface area contributed by atoms with Crippen molar-refractivity contribution in [3.8, 4) is 0 Å². The number of benzene rings is 2. The van der Waals surface area contributed by atoms with E-state index in [4.69, 9.17) is 0 Å². The number of hydrogen-bond donors (Lipinski definition) is 0. The minimum Gasteiger partial charge on any atom is -0.268 e. The standard InChI is InChI=1S/C22H20F3NO2S/c1-21(2,3)16-9-7-14(8-10-16)13-26-19(27)18(29-20(26)28)12-15-5-4-6-17(11-15)22(23,24)25/h4-12H,13H2,1-3H3. The Morgan fingerprint density at radius 1 is 0.966 bits per heavy atom. The van der Waals surface area contributed by atoms with Gasteiger partial charge >= 0.3 is 6.18 Å². The van der Waals surface area contributed by atoms with Gasteiger partial charge in [-0.15, -0.1) is 0 Å². The van der Waals surface area contributed by atoms with Crippen molar-refractivity contribution in [1.29, 1.82) is 0 Å². The summed E-state index contributed by atoms with van der Waals surface area (Å²) < 4.78 is 38.6. The third kappa shape index (κ3) is 4.90. The third-order valence-electron chi connectivity index (χ3n) is 4.55. The number of thioether (sulfide) groups is 1. The average Bonchev–Trinajstić information content (AvgIpc) is 2.88. The van der Waals surface area contributed by atoms with Crippen LogP contribution in [0, 0.1) is 0 Å². The first-order valence-electron chi connectivity index (χ1n) is 8.97. The molecule has 2 amide bonds. The summed E-state index contributed by atoms with van der Waals surface area (Å²) >= 11 is 0.734. The summed E-state index contributed by atoms with van der Waals surface area (Å²) in [4.78, 5) is 26.1. The van der Waals surface area contributed by atoms with E-state index in [1.807, 2.05) is 24.3 Å². The molecule has 3 rings (SSSR count).